The molecule has 7 heteroatoms. The van der Waals surface area contributed by atoms with Crippen molar-refractivity contribution >= 4 is 28.1 Å². The Bertz CT molecular complexity index is 1440. The highest BCUT2D eigenvalue weighted by Crippen LogP contribution is 2.28. The van der Waals surface area contributed by atoms with Crippen molar-refractivity contribution in [2.75, 3.05) is 11.1 Å². The van der Waals surface area contributed by atoms with Gasteiger partial charge in [0.05, 0.1) is 23.3 Å². The van der Waals surface area contributed by atoms with Gasteiger partial charge in [0.2, 0.25) is 0 Å². The van der Waals surface area contributed by atoms with E-state index in [1.807, 2.05) is 48.5 Å². The van der Waals surface area contributed by atoms with Gasteiger partial charge in [-0.3, -0.25) is 4.79 Å². The molecule has 5 aromatic rings. The Labute approximate surface area is 183 Å². The second-order valence-electron chi connectivity index (χ2n) is 7.31. The molecule has 0 fully saturated rings. The van der Waals surface area contributed by atoms with Crippen LogP contribution < -0.4 is 11.1 Å². The van der Waals surface area contributed by atoms with Gasteiger partial charge in [0.25, 0.3) is 5.91 Å². The summed E-state index contributed by atoms with van der Waals surface area (Å²) in [5, 5.41) is 13.0. The third-order valence-corrected chi connectivity index (χ3v) is 5.22. The summed E-state index contributed by atoms with van der Waals surface area (Å²) < 4.78 is 14.8. The number of nitrogen functional groups attached to an aromatic ring is 1. The maximum atomic E-state index is 13.2. The summed E-state index contributed by atoms with van der Waals surface area (Å²) in [5.41, 5.74) is 9.50. The number of hydrogen-bond acceptors (Lipinski definition) is 4. The van der Waals surface area contributed by atoms with Gasteiger partial charge in [0.1, 0.15) is 5.82 Å². The van der Waals surface area contributed by atoms with E-state index >= 15 is 0 Å². The van der Waals surface area contributed by atoms with E-state index in [1.54, 1.807) is 35.1 Å². The molecule has 0 bridgehead atoms. The third-order valence-electron chi connectivity index (χ3n) is 5.22. The number of rotatable bonds is 4. The number of amides is 1. The van der Waals surface area contributed by atoms with Gasteiger partial charge in [-0.1, -0.05) is 59.8 Å². The molecule has 0 saturated heterocycles. The fourth-order valence-electron chi connectivity index (χ4n) is 3.57. The van der Waals surface area contributed by atoms with Crippen molar-refractivity contribution in [2.24, 2.45) is 0 Å². The van der Waals surface area contributed by atoms with Gasteiger partial charge in [-0.15, -0.1) is 5.10 Å². The van der Waals surface area contributed by atoms with Crippen molar-refractivity contribution in [2.45, 2.75) is 0 Å². The number of anilines is 2. The van der Waals surface area contributed by atoms with Crippen molar-refractivity contribution in [3.8, 4) is 16.8 Å². The first-order valence-corrected chi connectivity index (χ1v) is 9.96. The van der Waals surface area contributed by atoms with E-state index in [4.69, 9.17) is 5.73 Å². The van der Waals surface area contributed by atoms with Gasteiger partial charge in [0, 0.05) is 5.39 Å². The topological polar surface area (TPSA) is 85.8 Å². The lowest BCUT2D eigenvalue weighted by Gasteiger charge is -2.10. The molecular formula is C25H18FN5O. The molecule has 0 unspecified atom stereocenters. The van der Waals surface area contributed by atoms with Crippen LogP contribution in [0.2, 0.25) is 0 Å². The predicted octanol–water partition coefficient (Wildman–Crippen LogP) is 5.06. The number of hydrogen-bond donors (Lipinski definition) is 2. The zero-order valence-electron chi connectivity index (χ0n) is 16.9. The number of halogens is 1. The zero-order chi connectivity index (χ0) is 22.1. The Kier molecular flexibility index (Phi) is 4.84. The van der Waals surface area contributed by atoms with Crippen LogP contribution in [-0.2, 0) is 0 Å². The number of fused-ring (bicyclic) bond motifs is 1. The van der Waals surface area contributed by atoms with E-state index < -0.39 is 5.91 Å². The van der Waals surface area contributed by atoms with E-state index in [0.717, 1.165) is 27.6 Å². The van der Waals surface area contributed by atoms with Gasteiger partial charge in [0.15, 0.2) is 5.69 Å². The summed E-state index contributed by atoms with van der Waals surface area (Å²) in [5.74, 6) is -0.744. The number of carbonyl (C=O) groups is 1. The normalized spacial score (nSPS) is 10.9. The number of nitrogens with one attached hydrogen (secondary N) is 1. The summed E-state index contributed by atoms with van der Waals surface area (Å²) in [6.45, 7) is 0. The minimum absolute atomic E-state index is 0.157. The predicted molar refractivity (Wildman–Crippen MR) is 123 cm³/mol. The first-order chi connectivity index (χ1) is 15.6. The maximum absolute atomic E-state index is 13.2. The van der Waals surface area contributed by atoms with E-state index in [0.29, 0.717) is 11.4 Å². The minimum Gasteiger partial charge on any atom is -0.397 e. The van der Waals surface area contributed by atoms with Crippen LogP contribution in [0.4, 0.5) is 15.8 Å². The number of nitrogens with two attached hydrogens (primary N) is 1. The number of nitrogens with zero attached hydrogens (tertiary/aromatic N) is 3. The van der Waals surface area contributed by atoms with E-state index in [2.05, 4.69) is 15.6 Å². The second-order valence-corrected chi connectivity index (χ2v) is 7.31. The van der Waals surface area contributed by atoms with Gasteiger partial charge in [-0.25, -0.2) is 9.07 Å². The van der Waals surface area contributed by atoms with Crippen LogP contribution in [0.5, 0.6) is 0 Å². The Hall–Kier alpha value is -4.52. The molecule has 0 atom stereocenters. The van der Waals surface area contributed by atoms with Crippen molar-refractivity contribution in [3.63, 3.8) is 0 Å². The van der Waals surface area contributed by atoms with Crippen LogP contribution in [0.15, 0.2) is 91.1 Å². The van der Waals surface area contributed by atoms with Crippen LogP contribution in [-0.4, -0.2) is 20.9 Å². The van der Waals surface area contributed by atoms with Gasteiger partial charge in [-0.05, 0) is 46.8 Å². The first kappa shape index (κ1) is 19.4. The maximum Gasteiger partial charge on any atom is 0.277 e. The lowest BCUT2D eigenvalue weighted by Crippen LogP contribution is -2.13. The van der Waals surface area contributed by atoms with Crippen LogP contribution in [0, 0.1) is 5.82 Å². The smallest absolute Gasteiger partial charge is 0.277 e. The lowest BCUT2D eigenvalue weighted by molar-refractivity contribution is 0.102. The first-order valence-electron chi connectivity index (χ1n) is 9.96. The van der Waals surface area contributed by atoms with Crippen molar-refractivity contribution in [1.82, 2.24) is 15.0 Å². The highest BCUT2D eigenvalue weighted by atomic mass is 19.1. The van der Waals surface area contributed by atoms with E-state index in [9.17, 15) is 9.18 Å². The third kappa shape index (κ3) is 3.67. The molecule has 1 heterocycles. The Morgan fingerprint density at radius 3 is 2.50 bits per heavy atom. The van der Waals surface area contributed by atoms with E-state index in [-0.39, 0.29) is 11.5 Å². The molecule has 5 rings (SSSR count). The largest absolute Gasteiger partial charge is 0.397 e. The molecule has 3 N–H and O–H groups in total. The van der Waals surface area contributed by atoms with Crippen molar-refractivity contribution in [3.05, 3.63) is 103 Å². The average molecular weight is 423 g/mol. The number of benzene rings is 4. The van der Waals surface area contributed by atoms with E-state index in [1.165, 1.54) is 12.1 Å². The fraction of sp³-hybridized carbons (Fsp3) is 0. The van der Waals surface area contributed by atoms with Gasteiger partial charge in [-0.2, -0.15) is 0 Å². The average Bonchev–Trinajstić information content (AvgIpc) is 3.31. The summed E-state index contributed by atoms with van der Waals surface area (Å²) in [4.78, 5) is 12.8. The molecule has 156 valence electrons. The summed E-state index contributed by atoms with van der Waals surface area (Å²) in [6, 6.07) is 25.2. The van der Waals surface area contributed by atoms with Crippen LogP contribution in [0.1, 0.15) is 10.5 Å². The molecule has 4 aromatic carbocycles. The summed E-state index contributed by atoms with van der Waals surface area (Å²) >= 11 is 0. The molecule has 0 aliphatic heterocycles. The molecule has 32 heavy (non-hydrogen) atoms. The summed E-state index contributed by atoms with van der Waals surface area (Å²) in [7, 11) is 0. The Morgan fingerprint density at radius 2 is 1.66 bits per heavy atom. The standard InChI is InChI=1S/C25H18FN5O/c26-19-11-8-16(9-12-19)18-10-13-21(27)22(14-18)28-25(32)23-15-31(30-29-23)24-7-3-5-17-4-1-2-6-20(17)24/h1-15H,27H2,(H,28,32). The Balaban J connectivity index is 1.42. The van der Waals surface area contributed by atoms with Crippen LogP contribution >= 0.6 is 0 Å². The molecule has 0 aliphatic rings. The molecule has 0 spiro atoms. The molecule has 1 amide bonds. The second kappa shape index (κ2) is 7.96. The molecule has 0 radical (unpaired) electrons. The quantitative estimate of drug-likeness (QED) is 0.396. The highest BCUT2D eigenvalue weighted by Gasteiger charge is 2.15. The Morgan fingerprint density at radius 1 is 0.906 bits per heavy atom. The lowest BCUT2D eigenvalue weighted by atomic mass is 10.0. The zero-order valence-corrected chi connectivity index (χ0v) is 16.9. The SMILES string of the molecule is Nc1ccc(-c2ccc(F)cc2)cc1NC(=O)c1cn(-c2cccc3ccccc23)nn1. The monoisotopic (exact) mass is 423 g/mol. The molecule has 0 aliphatic carbocycles. The molecule has 1 aromatic heterocycles. The number of aromatic nitrogens is 3. The highest BCUT2D eigenvalue weighted by molar-refractivity contribution is 6.04. The summed E-state index contributed by atoms with van der Waals surface area (Å²) in [6.07, 6.45) is 1.58. The van der Waals surface area contributed by atoms with Crippen molar-refractivity contribution < 1.29 is 9.18 Å². The van der Waals surface area contributed by atoms with Gasteiger partial charge >= 0.3 is 0 Å². The fourth-order valence-corrected chi connectivity index (χ4v) is 3.57. The van der Waals surface area contributed by atoms with Crippen molar-refractivity contribution in [1.29, 1.82) is 0 Å². The molecule has 6 nitrogen and oxygen atoms in total. The van der Waals surface area contributed by atoms with Crippen LogP contribution in [0.3, 0.4) is 0 Å². The number of carbonyl (C=O) groups excluding carboxylic acids is 1. The van der Waals surface area contributed by atoms with Crippen LogP contribution in [0.25, 0.3) is 27.6 Å². The minimum atomic E-state index is -0.431. The molecule has 0 saturated carbocycles. The van der Waals surface area contributed by atoms with Gasteiger partial charge < -0.3 is 11.1 Å². The molecular weight excluding hydrogens is 405 g/mol.